The first-order chi connectivity index (χ1) is 28.9. The number of rotatable bonds is 11. The molecular weight excluding hydrogens is 900 g/mol. The normalized spacial score (nSPS) is 14.7. The maximum atomic E-state index is 15.0. The maximum absolute atomic E-state index is 15.0. The Labute approximate surface area is 361 Å². The predicted molar refractivity (Wildman–Crippen MR) is 218 cm³/mol. The zero-order valence-electron chi connectivity index (χ0n) is 33.7. The van der Waals surface area contributed by atoms with Gasteiger partial charge in [-0.2, -0.15) is 45.3 Å². The summed E-state index contributed by atoms with van der Waals surface area (Å²) in [5.41, 5.74) is -3.90. The van der Waals surface area contributed by atoms with Gasteiger partial charge < -0.3 is 10.0 Å². The Kier molecular flexibility index (Phi) is 14.4. The third kappa shape index (κ3) is 10.7. The Balaban J connectivity index is 0.00000358. The summed E-state index contributed by atoms with van der Waals surface area (Å²) in [6.07, 6.45) is -9.06. The van der Waals surface area contributed by atoms with Gasteiger partial charge in [-0.15, -0.1) is 0 Å². The molecule has 0 saturated heterocycles. The molecule has 0 fully saturated rings. The van der Waals surface area contributed by atoms with Gasteiger partial charge in [0.2, 0.25) is 5.91 Å². The topological polar surface area (TPSA) is 107 Å². The van der Waals surface area contributed by atoms with Crippen LogP contribution < -0.4 is 10.0 Å². The molecule has 0 radical (unpaired) electrons. The molecule has 1 aliphatic rings. The van der Waals surface area contributed by atoms with Crippen LogP contribution in [0.2, 0.25) is 5.02 Å². The number of nitrogens with one attached hydrogen (secondary N) is 2. The lowest BCUT2D eigenvalue weighted by Gasteiger charge is -2.23. The zero-order chi connectivity index (χ0) is 46.1. The molecule has 0 saturated carbocycles. The van der Waals surface area contributed by atoms with Gasteiger partial charge in [0, 0.05) is 52.5 Å². The number of pyridine rings is 1. The Hall–Kier alpha value is -4.81. The predicted octanol–water partition coefficient (Wildman–Crippen LogP) is 10.2. The number of hydrogen-bond acceptors (Lipinski definition) is 7. The molecule has 1 aliphatic carbocycles. The summed E-state index contributed by atoms with van der Waals surface area (Å²) >= 11 is 7.56. The van der Waals surface area contributed by atoms with E-state index in [2.05, 4.69) is 37.1 Å². The van der Waals surface area contributed by atoms with Crippen LogP contribution in [-0.4, -0.2) is 58.1 Å². The van der Waals surface area contributed by atoms with Gasteiger partial charge in [0.25, 0.3) is 5.92 Å². The average molecular weight is 938 g/mol. The van der Waals surface area contributed by atoms with Crippen molar-refractivity contribution >= 4 is 57.0 Å². The second-order valence-electron chi connectivity index (χ2n) is 14.2. The van der Waals surface area contributed by atoms with Gasteiger partial charge in [-0.05, 0) is 68.5 Å². The van der Waals surface area contributed by atoms with E-state index in [0.717, 1.165) is 24.1 Å². The van der Waals surface area contributed by atoms with Crippen molar-refractivity contribution in [2.75, 3.05) is 17.2 Å². The van der Waals surface area contributed by atoms with Crippen molar-refractivity contribution in [1.82, 2.24) is 29.9 Å². The molecule has 2 atom stereocenters. The highest BCUT2D eigenvalue weighted by atomic mass is 35.5. The van der Waals surface area contributed by atoms with Gasteiger partial charge in [0.1, 0.15) is 40.9 Å². The third-order valence-electron chi connectivity index (χ3n) is 9.47. The van der Waals surface area contributed by atoms with Crippen LogP contribution in [0.5, 0.6) is 0 Å². The molecule has 334 valence electrons. The van der Waals surface area contributed by atoms with Gasteiger partial charge in [-0.1, -0.05) is 49.4 Å². The molecule has 0 bridgehead atoms. The molecule has 5 aromatic rings. The van der Waals surface area contributed by atoms with Crippen molar-refractivity contribution in [3.8, 4) is 23.0 Å². The Morgan fingerprint density at radius 1 is 1.00 bits per heavy atom. The van der Waals surface area contributed by atoms with E-state index in [0.29, 0.717) is 10.7 Å². The van der Waals surface area contributed by atoms with Crippen LogP contribution in [-0.2, 0) is 53.6 Å². The molecule has 2 aromatic carbocycles. The van der Waals surface area contributed by atoms with Gasteiger partial charge in [0.15, 0.2) is 11.5 Å². The lowest BCUT2D eigenvalue weighted by Crippen LogP contribution is -2.35. The van der Waals surface area contributed by atoms with E-state index in [1.165, 1.54) is 30.5 Å². The fourth-order valence-corrected chi connectivity index (χ4v) is 7.49. The molecule has 3 aromatic heterocycles. The van der Waals surface area contributed by atoms with E-state index in [1.807, 2.05) is 13.8 Å². The molecule has 3 heterocycles. The maximum Gasteiger partial charge on any atom is 0.435 e. The summed E-state index contributed by atoms with van der Waals surface area (Å²) in [6, 6.07) is 6.35. The van der Waals surface area contributed by atoms with Crippen molar-refractivity contribution in [2.45, 2.75) is 89.1 Å². The molecule has 0 aliphatic heterocycles. The van der Waals surface area contributed by atoms with Crippen LogP contribution in [0.1, 0.15) is 74.1 Å². The van der Waals surface area contributed by atoms with Crippen LogP contribution in [0.3, 0.4) is 0 Å². The third-order valence-corrected chi connectivity index (χ3v) is 11.7. The standard InChI is InChI=1S/C38H32ClF10N7O2S2.C2H6/c1-35(2,60(4)58)11-9-22-5-6-23(24-7-8-26(39)29-31(24)56(18-37(44,45)46)53-34(29)54-59-3)30(50-22)27(15-19-13-20(40)16-21(41)14-19)51-28(57)17-55-33-25(10-12-36(33,42)43)32(52-55)38(47,48)49;1-2/h5-8,13-14,16,27H,10,12,15,17-18H2,1-4H3,(H,51,57)(H,53,54);1-2H3. The summed E-state index contributed by atoms with van der Waals surface area (Å²) < 4.78 is 158. The average Bonchev–Trinajstić information content (AvgIpc) is 3.82. The number of aromatic nitrogens is 5. The molecule has 22 heteroatoms. The summed E-state index contributed by atoms with van der Waals surface area (Å²) in [5, 5.41) is 10.0. The molecule has 1 amide bonds. The lowest BCUT2D eigenvalue weighted by molar-refractivity contribution is -0.142. The van der Waals surface area contributed by atoms with Crippen molar-refractivity contribution in [2.24, 2.45) is 0 Å². The number of nitrogens with zero attached hydrogens (tertiary/aromatic N) is 5. The molecule has 2 unspecified atom stereocenters. The molecule has 2 N–H and O–H groups in total. The monoisotopic (exact) mass is 937 g/mol. The minimum absolute atomic E-state index is 0.00705. The van der Waals surface area contributed by atoms with Crippen LogP contribution >= 0.6 is 23.5 Å². The van der Waals surface area contributed by atoms with Crippen molar-refractivity contribution in [3.05, 3.63) is 93.0 Å². The van der Waals surface area contributed by atoms with Crippen LogP contribution in [0.4, 0.5) is 49.7 Å². The number of carbonyl (C=O) groups excluding carboxylic acids is 1. The highest BCUT2D eigenvalue weighted by Gasteiger charge is 2.50. The number of fused-ring (bicyclic) bond motifs is 2. The first kappa shape index (κ1) is 48.2. The van der Waals surface area contributed by atoms with E-state index in [1.54, 1.807) is 20.1 Å². The van der Waals surface area contributed by atoms with Crippen LogP contribution in [0.15, 0.2) is 42.5 Å². The minimum Gasteiger partial charge on any atom is -0.346 e. The van der Waals surface area contributed by atoms with E-state index in [4.69, 9.17) is 11.6 Å². The number of benzene rings is 2. The fourth-order valence-electron chi connectivity index (χ4n) is 6.72. The Morgan fingerprint density at radius 3 is 2.24 bits per heavy atom. The summed E-state index contributed by atoms with van der Waals surface area (Å²) in [5.74, 6) is -1.45. The van der Waals surface area contributed by atoms with E-state index < -0.39 is 107 Å². The molecule has 62 heavy (non-hydrogen) atoms. The first-order valence-electron chi connectivity index (χ1n) is 18.6. The highest BCUT2D eigenvalue weighted by Crippen LogP contribution is 2.47. The number of amides is 1. The molecular formula is C40H38ClF10N7O2S2. The molecule has 0 spiro atoms. The van der Waals surface area contributed by atoms with Crippen molar-refractivity contribution in [3.63, 3.8) is 0 Å². The Bertz CT molecular complexity index is 2560. The van der Waals surface area contributed by atoms with Crippen LogP contribution in [0.25, 0.3) is 22.0 Å². The number of hydrogen-bond donors (Lipinski definition) is 2. The van der Waals surface area contributed by atoms with E-state index >= 15 is 8.78 Å². The summed E-state index contributed by atoms with van der Waals surface area (Å²) in [4.78, 5) is 18.5. The fraction of sp³-hybridized carbons (Fsp3) is 0.400. The number of halogens is 11. The molecule has 9 nitrogen and oxygen atoms in total. The second kappa shape index (κ2) is 18.5. The number of carbonyl (C=O) groups is 1. The van der Waals surface area contributed by atoms with E-state index in [-0.39, 0.29) is 54.5 Å². The van der Waals surface area contributed by atoms with Crippen molar-refractivity contribution in [1.29, 1.82) is 0 Å². The van der Waals surface area contributed by atoms with Gasteiger partial charge in [0.05, 0.1) is 27.7 Å². The molecule has 6 rings (SSSR count). The van der Waals surface area contributed by atoms with Crippen LogP contribution in [0, 0.1) is 23.5 Å². The van der Waals surface area contributed by atoms with Gasteiger partial charge >= 0.3 is 12.4 Å². The summed E-state index contributed by atoms with van der Waals surface area (Å²) in [6.45, 7) is 4.39. The highest BCUT2D eigenvalue weighted by molar-refractivity contribution is 7.99. The first-order valence-corrected chi connectivity index (χ1v) is 21.8. The van der Waals surface area contributed by atoms with Gasteiger partial charge in [-0.25, -0.2) is 13.8 Å². The lowest BCUT2D eigenvalue weighted by atomic mass is 9.93. The smallest absolute Gasteiger partial charge is 0.346 e. The largest absolute Gasteiger partial charge is 0.435 e. The second-order valence-corrected chi connectivity index (χ2v) is 17.2. The van der Waals surface area contributed by atoms with Gasteiger partial charge in [-0.3, -0.25) is 18.4 Å². The zero-order valence-corrected chi connectivity index (χ0v) is 36.1. The summed E-state index contributed by atoms with van der Waals surface area (Å²) in [7, 11) is -1.48. The Morgan fingerprint density at radius 2 is 1.65 bits per heavy atom. The number of alkyl halides is 8. The number of anilines is 1. The van der Waals surface area contributed by atoms with Crippen molar-refractivity contribution < 1.29 is 52.9 Å². The van der Waals surface area contributed by atoms with E-state index in [9.17, 15) is 44.1 Å². The minimum atomic E-state index is -5.14. The SMILES string of the molecule is CC.CSNc1nn(CC(F)(F)F)c2c(-c3ccc(C#CC(C)(C)S(C)=O)nc3C(Cc3cc(F)cc(F)c3)NC(=O)Cn3nc(C(F)(F)F)c4c3C(F)(F)CC4)ccc(Cl)c12. The quantitative estimate of drug-likeness (QED) is 0.0772.